The molecule has 0 aliphatic heterocycles. The number of Topliss-reactive ketones (excluding diaryl/α,β-unsaturated/α-hetero) is 1. The molecule has 0 bridgehead atoms. The molecular weight excluding hydrogens is 312 g/mol. The highest BCUT2D eigenvalue weighted by Gasteiger charge is 2.09. The largest absolute Gasteiger partial charge is 0.294 e. The molecule has 0 saturated carbocycles. The highest BCUT2D eigenvalue weighted by atomic mass is 79.9. The molecule has 0 spiro atoms. The van der Waals surface area contributed by atoms with E-state index in [1.807, 2.05) is 44.2 Å². The lowest BCUT2D eigenvalue weighted by Gasteiger charge is -2.07. The molecule has 0 aromatic heterocycles. The third-order valence-electron chi connectivity index (χ3n) is 3.47. The van der Waals surface area contributed by atoms with Crippen LogP contribution in [0.1, 0.15) is 39.9 Å². The van der Waals surface area contributed by atoms with Crippen molar-refractivity contribution in [2.45, 2.75) is 33.1 Å². The second-order valence-corrected chi connectivity index (χ2v) is 5.98. The Kier molecular flexibility index (Phi) is 5.13. The van der Waals surface area contributed by atoms with Crippen molar-refractivity contribution in [2.24, 2.45) is 0 Å². The fraction of sp³-hybridized carbons (Fsp3) is 0.278. The standard InChI is InChI=1S/C18H19BrO/c1-13-11-16(12-14(2)18(13)19)17(20)10-6-9-15-7-4-3-5-8-15/h3-5,7-8,11-12H,6,9-10H2,1-2H3. The van der Waals surface area contributed by atoms with Gasteiger partial charge in [0.05, 0.1) is 0 Å². The molecule has 0 heterocycles. The molecule has 0 aliphatic rings. The molecule has 2 aromatic carbocycles. The lowest BCUT2D eigenvalue weighted by atomic mass is 9.99. The minimum Gasteiger partial charge on any atom is -0.294 e. The summed E-state index contributed by atoms with van der Waals surface area (Å²) in [5.74, 6) is 0.236. The minimum absolute atomic E-state index is 0.236. The van der Waals surface area contributed by atoms with E-state index in [0.717, 1.165) is 34.0 Å². The van der Waals surface area contributed by atoms with E-state index >= 15 is 0 Å². The maximum absolute atomic E-state index is 12.2. The van der Waals surface area contributed by atoms with E-state index in [-0.39, 0.29) is 5.78 Å². The first-order valence-electron chi connectivity index (χ1n) is 6.92. The maximum atomic E-state index is 12.2. The Labute approximate surface area is 129 Å². The van der Waals surface area contributed by atoms with Crippen LogP contribution in [0.25, 0.3) is 0 Å². The summed E-state index contributed by atoms with van der Waals surface area (Å²) in [5, 5.41) is 0. The summed E-state index contributed by atoms with van der Waals surface area (Å²) >= 11 is 3.53. The van der Waals surface area contributed by atoms with Crippen LogP contribution in [0, 0.1) is 13.8 Å². The Morgan fingerprint density at radius 1 is 1.05 bits per heavy atom. The summed E-state index contributed by atoms with van der Waals surface area (Å²) in [6.45, 7) is 4.05. The number of carbonyl (C=O) groups excluding carboxylic acids is 1. The van der Waals surface area contributed by atoms with Gasteiger partial charge < -0.3 is 0 Å². The van der Waals surface area contributed by atoms with Crippen molar-refractivity contribution in [3.63, 3.8) is 0 Å². The SMILES string of the molecule is Cc1cc(C(=O)CCCc2ccccc2)cc(C)c1Br. The summed E-state index contributed by atoms with van der Waals surface area (Å²) in [7, 11) is 0. The molecule has 104 valence electrons. The van der Waals surface area contributed by atoms with E-state index in [1.54, 1.807) is 0 Å². The Hall–Kier alpha value is -1.41. The highest BCUT2D eigenvalue weighted by molar-refractivity contribution is 9.10. The zero-order chi connectivity index (χ0) is 14.5. The molecule has 0 aliphatic carbocycles. The number of rotatable bonds is 5. The van der Waals surface area contributed by atoms with Gasteiger partial charge in [0, 0.05) is 16.5 Å². The summed E-state index contributed by atoms with van der Waals surface area (Å²) < 4.78 is 1.10. The van der Waals surface area contributed by atoms with Crippen LogP contribution in [0.4, 0.5) is 0 Å². The third-order valence-corrected chi connectivity index (χ3v) is 4.72. The van der Waals surface area contributed by atoms with Crippen LogP contribution in [0.15, 0.2) is 46.9 Å². The average molecular weight is 331 g/mol. The normalized spacial score (nSPS) is 10.6. The Morgan fingerprint density at radius 3 is 2.25 bits per heavy atom. The number of benzene rings is 2. The van der Waals surface area contributed by atoms with Crippen LogP contribution in [-0.2, 0) is 6.42 Å². The van der Waals surface area contributed by atoms with Crippen molar-refractivity contribution in [1.29, 1.82) is 0 Å². The first-order valence-corrected chi connectivity index (χ1v) is 7.71. The molecule has 0 atom stereocenters. The van der Waals surface area contributed by atoms with Crippen molar-refractivity contribution in [3.8, 4) is 0 Å². The number of aryl methyl sites for hydroxylation is 3. The van der Waals surface area contributed by atoms with Crippen LogP contribution >= 0.6 is 15.9 Å². The quantitative estimate of drug-likeness (QED) is 0.682. The van der Waals surface area contributed by atoms with Crippen LogP contribution in [-0.4, -0.2) is 5.78 Å². The predicted octanol–water partition coefficient (Wildman–Crippen LogP) is 5.27. The second kappa shape index (κ2) is 6.85. The fourth-order valence-corrected chi connectivity index (χ4v) is 2.58. The molecule has 0 unspecified atom stereocenters. The summed E-state index contributed by atoms with van der Waals surface area (Å²) in [6.07, 6.45) is 2.47. The van der Waals surface area contributed by atoms with E-state index < -0.39 is 0 Å². The van der Waals surface area contributed by atoms with E-state index in [9.17, 15) is 4.79 Å². The van der Waals surface area contributed by atoms with Gasteiger partial charge in [-0.2, -0.15) is 0 Å². The average Bonchev–Trinajstić information content (AvgIpc) is 2.45. The monoisotopic (exact) mass is 330 g/mol. The van der Waals surface area contributed by atoms with Gasteiger partial charge in [-0.3, -0.25) is 4.79 Å². The first kappa shape index (κ1) is 15.0. The second-order valence-electron chi connectivity index (χ2n) is 5.19. The lowest BCUT2D eigenvalue weighted by molar-refractivity contribution is 0.0980. The van der Waals surface area contributed by atoms with Crippen molar-refractivity contribution in [2.75, 3.05) is 0 Å². The lowest BCUT2D eigenvalue weighted by Crippen LogP contribution is -2.01. The predicted molar refractivity (Wildman–Crippen MR) is 87.3 cm³/mol. The number of carbonyl (C=O) groups is 1. The van der Waals surface area contributed by atoms with Gasteiger partial charge in [0.1, 0.15) is 0 Å². The topological polar surface area (TPSA) is 17.1 Å². The van der Waals surface area contributed by atoms with Crippen molar-refractivity contribution in [3.05, 3.63) is 69.2 Å². The molecule has 0 radical (unpaired) electrons. The van der Waals surface area contributed by atoms with E-state index in [0.29, 0.717) is 6.42 Å². The molecule has 20 heavy (non-hydrogen) atoms. The van der Waals surface area contributed by atoms with Gasteiger partial charge >= 0.3 is 0 Å². The first-order chi connectivity index (χ1) is 9.58. The van der Waals surface area contributed by atoms with E-state index in [2.05, 4.69) is 28.1 Å². The Balaban J connectivity index is 1.95. The van der Waals surface area contributed by atoms with Crippen molar-refractivity contribution in [1.82, 2.24) is 0 Å². The number of hydrogen-bond donors (Lipinski definition) is 0. The van der Waals surface area contributed by atoms with Gasteiger partial charge in [-0.15, -0.1) is 0 Å². The van der Waals surface area contributed by atoms with E-state index in [4.69, 9.17) is 0 Å². The summed E-state index contributed by atoms with van der Waals surface area (Å²) in [6, 6.07) is 14.3. The molecule has 0 saturated heterocycles. The third kappa shape index (κ3) is 3.80. The van der Waals surface area contributed by atoms with Gasteiger partial charge in [-0.1, -0.05) is 46.3 Å². The summed E-state index contributed by atoms with van der Waals surface area (Å²) in [4.78, 5) is 12.2. The van der Waals surface area contributed by atoms with Crippen molar-refractivity contribution < 1.29 is 4.79 Å². The van der Waals surface area contributed by atoms with Crippen molar-refractivity contribution >= 4 is 21.7 Å². The number of halogens is 1. The maximum Gasteiger partial charge on any atom is 0.162 e. The van der Waals surface area contributed by atoms with Gasteiger partial charge in [-0.25, -0.2) is 0 Å². The van der Waals surface area contributed by atoms with Crippen LogP contribution < -0.4 is 0 Å². The minimum atomic E-state index is 0.236. The highest BCUT2D eigenvalue weighted by Crippen LogP contribution is 2.23. The van der Waals surface area contributed by atoms with Crippen LogP contribution in [0.3, 0.4) is 0 Å². The Bertz CT molecular complexity index is 579. The van der Waals surface area contributed by atoms with E-state index in [1.165, 1.54) is 5.56 Å². The fourth-order valence-electron chi connectivity index (χ4n) is 2.35. The van der Waals surface area contributed by atoms with Gasteiger partial charge in [0.2, 0.25) is 0 Å². The molecule has 2 aromatic rings. The molecule has 2 rings (SSSR count). The van der Waals surface area contributed by atoms with Gasteiger partial charge in [-0.05, 0) is 55.5 Å². The molecule has 1 nitrogen and oxygen atoms in total. The Morgan fingerprint density at radius 2 is 1.65 bits per heavy atom. The van der Waals surface area contributed by atoms with Crippen LogP contribution in [0.5, 0.6) is 0 Å². The summed E-state index contributed by atoms with van der Waals surface area (Å²) in [5.41, 5.74) is 4.37. The molecule has 0 N–H and O–H groups in total. The molecule has 2 heteroatoms. The van der Waals surface area contributed by atoms with Crippen LogP contribution in [0.2, 0.25) is 0 Å². The molecular formula is C18H19BrO. The van der Waals surface area contributed by atoms with Gasteiger partial charge in [0.15, 0.2) is 5.78 Å². The molecule has 0 amide bonds. The number of hydrogen-bond acceptors (Lipinski definition) is 1. The van der Waals surface area contributed by atoms with Gasteiger partial charge in [0.25, 0.3) is 0 Å². The smallest absolute Gasteiger partial charge is 0.162 e. The molecule has 0 fully saturated rings. The zero-order valence-corrected chi connectivity index (χ0v) is 13.5. The number of ketones is 1. The zero-order valence-electron chi connectivity index (χ0n) is 11.9.